The molecule has 1 aliphatic rings. The van der Waals surface area contributed by atoms with E-state index in [0.29, 0.717) is 27.4 Å². The van der Waals surface area contributed by atoms with Gasteiger partial charge in [0.2, 0.25) is 5.82 Å². The van der Waals surface area contributed by atoms with E-state index in [2.05, 4.69) is 19.9 Å². The standard InChI is InChI=1S/C16H14ClF3N6O/c1-7-5-26-9(3-22-15(26)16(18,19)20)6-25(7)14(27)13-23-11-8(2)10(17)4-21-12(11)24-13/h3-4,7H,5-6H2,1-2H3,(H,21,23,24)/t7-/m1/s1. The van der Waals surface area contributed by atoms with Crippen LogP contribution < -0.4 is 0 Å². The second-order valence-corrected chi connectivity index (χ2v) is 6.89. The van der Waals surface area contributed by atoms with Crippen LogP contribution >= 0.6 is 11.6 Å². The van der Waals surface area contributed by atoms with Crippen LogP contribution in [0.15, 0.2) is 12.4 Å². The van der Waals surface area contributed by atoms with Crippen molar-refractivity contribution in [1.82, 2.24) is 29.4 Å². The van der Waals surface area contributed by atoms with Crippen molar-refractivity contribution >= 4 is 28.7 Å². The number of pyridine rings is 1. The second kappa shape index (κ2) is 5.95. The molecule has 3 aromatic heterocycles. The van der Waals surface area contributed by atoms with E-state index in [4.69, 9.17) is 11.6 Å². The Kier molecular flexibility index (Phi) is 3.91. The molecule has 27 heavy (non-hydrogen) atoms. The molecule has 0 bridgehead atoms. The van der Waals surface area contributed by atoms with Crippen molar-refractivity contribution in [2.45, 2.75) is 39.2 Å². The smallest absolute Gasteiger partial charge is 0.332 e. The molecule has 0 fully saturated rings. The summed E-state index contributed by atoms with van der Waals surface area (Å²) in [7, 11) is 0. The predicted molar refractivity (Wildman–Crippen MR) is 90.2 cm³/mol. The van der Waals surface area contributed by atoms with Crippen LogP contribution in [0.5, 0.6) is 0 Å². The summed E-state index contributed by atoms with van der Waals surface area (Å²) in [5, 5.41) is 0.445. The van der Waals surface area contributed by atoms with Crippen molar-refractivity contribution in [3.8, 4) is 0 Å². The fourth-order valence-corrected chi connectivity index (χ4v) is 3.37. The number of nitrogens with one attached hydrogen (secondary N) is 1. The summed E-state index contributed by atoms with van der Waals surface area (Å²) in [6, 6.07) is -0.467. The number of fused-ring (bicyclic) bond motifs is 2. The van der Waals surface area contributed by atoms with Crippen LogP contribution in [0.2, 0.25) is 5.02 Å². The van der Waals surface area contributed by atoms with Gasteiger partial charge in [-0.2, -0.15) is 13.2 Å². The zero-order valence-corrected chi connectivity index (χ0v) is 15.1. The zero-order valence-electron chi connectivity index (χ0n) is 14.3. The first kappa shape index (κ1) is 17.8. The Morgan fingerprint density at radius 3 is 2.78 bits per heavy atom. The molecule has 0 spiro atoms. The highest BCUT2D eigenvalue weighted by molar-refractivity contribution is 6.31. The summed E-state index contributed by atoms with van der Waals surface area (Å²) in [6.45, 7) is 3.47. The van der Waals surface area contributed by atoms with E-state index in [0.717, 1.165) is 10.8 Å². The number of aromatic nitrogens is 5. The number of carbonyl (C=O) groups excluding carboxylic acids is 1. The number of alkyl halides is 3. The topological polar surface area (TPSA) is 79.7 Å². The number of nitrogens with zero attached hydrogens (tertiary/aromatic N) is 5. The number of hydrogen-bond acceptors (Lipinski definition) is 4. The van der Waals surface area contributed by atoms with E-state index in [9.17, 15) is 18.0 Å². The number of amides is 1. The minimum atomic E-state index is -4.54. The van der Waals surface area contributed by atoms with Gasteiger partial charge in [-0.05, 0) is 19.4 Å². The van der Waals surface area contributed by atoms with E-state index in [1.807, 2.05) is 0 Å². The van der Waals surface area contributed by atoms with Gasteiger partial charge in [0.05, 0.1) is 29.0 Å². The summed E-state index contributed by atoms with van der Waals surface area (Å²) in [6.07, 6.45) is -1.93. The van der Waals surface area contributed by atoms with Gasteiger partial charge < -0.3 is 14.5 Å². The lowest BCUT2D eigenvalue weighted by molar-refractivity contribution is -0.148. The van der Waals surface area contributed by atoms with Gasteiger partial charge in [-0.15, -0.1) is 0 Å². The maximum Gasteiger partial charge on any atom is 0.449 e. The van der Waals surface area contributed by atoms with E-state index in [1.54, 1.807) is 13.8 Å². The number of rotatable bonds is 1. The maximum absolute atomic E-state index is 13.0. The average Bonchev–Trinajstić information content (AvgIpc) is 3.20. The molecule has 0 aromatic carbocycles. The molecular weight excluding hydrogens is 385 g/mol. The van der Waals surface area contributed by atoms with Gasteiger partial charge >= 0.3 is 6.18 Å². The van der Waals surface area contributed by atoms with E-state index >= 15 is 0 Å². The first-order chi connectivity index (χ1) is 12.7. The number of carbonyl (C=O) groups is 1. The number of hydrogen-bond donors (Lipinski definition) is 1. The van der Waals surface area contributed by atoms with Crippen LogP contribution in [0, 0.1) is 6.92 Å². The Morgan fingerprint density at radius 1 is 1.33 bits per heavy atom. The number of aromatic amines is 1. The molecule has 4 rings (SSSR count). The zero-order chi connectivity index (χ0) is 19.5. The molecule has 1 amide bonds. The van der Waals surface area contributed by atoms with Crippen molar-refractivity contribution in [3.63, 3.8) is 0 Å². The molecule has 142 valence electrons. The van der Waals surface area contributed by atoms with Crippen LogP contribution in [0.4, 0.5) is 13.2 Å². The van der Waals surface area contributed by atoms with Crippen molar-refractivity contribution in [1.29, 1.82) is 0 Å². The largest absolute Gasteiger partial charge is 0.449 e. The molecule has 0 saturated carbocycles. The fraction of sp³-hybridized carbons (Fsp3) is 0.375. The van der Waals surface area contributed by atoms with E-state index in [-0.39, 0.29) is 18.9 Å². The molecule has 1 atom stereocenters. The van der Waals surface area contributed by atoms with Gasteiger partial charge in [0.25, 0.3) is 5.91 Å². The fourth-order valence-electron chi connectivity index (χ4n) is 3.22. The quantitative estimate of drug-likeness (QED) is 0.682. The van der Waals surface area contributed by atoms with Gasteiger partial charge in [-0.3, -0.25) is 4.79 Å². The molecule has 0 aliphatic carbocycles. The van der Waals surface area contributed by atoms with Gasteiger partial charge in [0.15, 0.2) is 11.5 Å². The minimum absolute atomic E-state index is 0.000743. The second-order valence-electron chi connectivity index (χ2n) is 6.48. The van der Waals surface area contributed by atoms with Gasteiger partial charge in [0.1, 0.15) is 0 Å². The molecule has 11 heteroatoms. The van der Waals surface area contributed by atoms with Crippen molar-refractivity contribution in [2.75, 3.05) is 0 Å². The summed E-state index contributed by atoms with van der Waals surface area (Å²) >= 11 is 6.04. The maximum atomic E-state index is 13.0. The summed E-state index contributed by atoms with van der Waals surface area (Å²) in [5.41, 5.74) is 1.95. The summed E-state index contributed by atoms with van der Waals surface area (Å²) in [5.74, 6) is -1.30. The van der Waals surface area contributed by atoms with Gasteiger partial charge in [-0.1, -0.05) is 11.6 Å². The predicted octanol–water partition coefficient (Wildman–Crippen LogP) is 3.18. The molecule has 1 aliphatic heterocycles. The Hall–Kier alpha value is -2.62. The summed E-state index contributed by atoms with van der Waals surface area (Å²) < 4.78 is 40.3. The Labute approximate surface area is 156 Å². The van der Waals surface area contributed by atoms with Crippen LogP contribution in [0.1, 0.15) is 34.6 Å². The third-order valence-corrected chi connectivity index (χ3v) is 5.07. The minimum Gasteiger partial charge on any atom is -0.332 e. The highest BCUT2D eigenvalue weighted by atomic mass is 35.5. The molecule has 0 radical (unpaired) electrons. The first-order valence-electron chi connectivity index (χ1n) is 8.10. The number of H-pyrrole nitrogens is 1. The van der Waals surface area contributed by atoms with Crippen LogP contribution in [0.25, 0.3) is 11.2 Å². The average molecular weight is 399 g/mol. The van der Waals surface area contributed by atoms with E-state index < -0.39 is 23.9 Å². The molecule has 1 N–H and O–H groups in total. The first-order valence-corrected chi connectivity index (χ1v) is 8.48. The van der Waals surface area contributed by atoms with Gasteiger partial charge in [-0.25, -0.2) is 15.0 Å². The van der Waals surface area contributed by atoms with Crippen LogP contribution in [-0.4, -0.2) is 41.4 Å². The molecule has 0 unspecified atom stereocenters. The van der Waals surface area contributed by atoms with Crippen molar-refractivity contribution < 1.29 is 18.0 Å². The Balaban J connectivity index is 1.67. The third-order valence-electron chi connectivity index (χ3n) is 4.68. The molecular formula is C16H14ClF3N6O. The van der Waals surface area contributed by atoms with Crippen molar-refractivity contribution in [3.05, 3.63) is 40.3 Å². The molecule has 3 aromatic rings. The molecule has 7 nitrogen and oxygen atoms in total. The van der Waals surface area contributed by atoms with Crippen molar-refractivity contribution in [2.24, 2.45) is 0 Å². The normalized spacial score (nSPS) is 17.4. The Bertz CT molecular complexity index is 1060. The highest BCUT2D eigenvalue weighted by Crippen LogP contribution is 2.32. The number of aryl methyl sites for hydroxylation is 1. The number of halogens is 4. The highest BCUT2D eigenvalue weighted by Gasteiger charge is 2.40. The lowest BCUT2D eigenvalue weighted by Gasteiger charge is -2.34. The molecule has 4 heterocycles. The summed E-state index contributed by atoms with van der Waals surface area (Å²) in [4.78, 5) is 29.1. The van der Waals surface area contributed by atoms with E-state index in [1.165, 1.54) is 11.1 Å². The third kappa shape index (κ3) is 2.84. The van der Waals surface area contributed by atoms with Crippen LogP contribution in [-0.2, 0) is 19.3 Å². The monoisotopic (exact) mass is 398 g/mol. The number of imidazole rings is 2. The SMILES string of the molecule is Cc1c(Cl)cnc2nc(C(=O)N3Cc4cnc(C(F)(F)F)n4C[C@H]3C)[nH]c12. The van der Waals surface area contributed by atoms with Gasteiger partial charge in [0, 0.05) is 18.8 Å². The molecule has 0 saturated heterocycles. The lowest BCUT2D eigenvalue weighted by atomic mass is 10.2. The lowest BCUT2D eigenvalue weighted by Crippen LogP contribution is -2.45. The Morgan fingerprint density at radius 2 is 2.07 bits per heavy atom. The van der Waals surface area contributed by atoms with Crippen LogP contribution in [0.3, 0.4) is 0 Å².